The summed E-state index contributed by atoms with van der Waals surface area (Å²) in [5.74, 6) is 0. The van der Waals surface area contributed by atoms with Gasteiger partial charge in [0.2, 0.25) is 0 Å². The van der Waals surface area contributed by atoms with E-state index in [1.807, 2.05) is 7.11 Å². The number of rotatable bonds is 2. The summed E-state index contributed by atoms with van der Waals surface area (Å²) >= 11 is 2.33. The number of ether oxygens (including phenoxy) is 2. The average Bonchev–Trinajstić information content (AvgIpc) is 2.56. The van der Waals surface area contributed by atoms with Crippen LogP contribution in [0.2, 0.25) is 0 Å². The van der Waals surface area contributed by atoms with Gasteiger partial charge in [-0.3, -0.25) is 0 Å². The van der Waals surface area contributed by atoms with E-state index in [-0.39, 0.29) is 5.60 Å². The highest BCUT2D eigenvalue weighted by Crippen LogP contribution is 2.35. The Morgan fingerprint density at radius 3 is 2.62 bits per heavy atom. The Labute approximate surface area is 110 Å². The van der Waals surface area contributed by atoms with Crippen LogP contribution >= 0.6 is 22.6 Å². The zero-order valence-electron chi connectivity index (χ0n) is 9.54. The van der Waals surface area contributed by atoms with Gasteiger partial charge in [-0.25, -0.2) is 0 Å². The number of hydrogen-bond donors (Lipinski definition) is 0. The minimum absolute atomic E-state index is 0.138. The largest absolute Gasteiger partial charge is 0.381 e. The van der Waals surface area contributed by atoms with Crippen LogP contribution in [0, 0.1) is 3.57 Å². The first-order chi connectivity index (χ1) is 7.77. The molecule has 0 aliphatic carbocycles. The smallest absolute Gasteiger partial charge is 0.0950 e. The Hall–Kier alpha value is -0.130. The summed E-state index contributed by atoms with van der Waals surface area (Å²) in [5.41, 5.74) is 1.14. The highest BCUT2D eigenvalue weighted by molar-refractivity contribution is 14.1. The SMILES string of the molecule is COC1(c2ccc(I)cc2)CCCOCC1. The molecule has 88 valence electrons. The minimum atomic E-state index is -0.138. The van der Waals surface area contributed by atoms with Gasteiger partial charge < -0.3 is 9.47 Å². The van der Waals surface area contributed by atoms with Gasteiger partial charge in [-0.1, -0.05) is 12.1 Å². The molecule has 0 N–H and O–H groups in total. The van der Waals surface area contributed by atoms with Crippen molar-refractivity contribution in [2.75, 3.05) is 20.3 Å². The van der Waals surface area contributed by atoms with Crippen LogP contribution in [0.5, 0.6) is 0 Å². The first-order valence-corrected chi connectivity index (χ1v) is 6.74. The van der Waals surface area contributed by atoms with E-state index in [9.17, 15) is 0 Å². The third-order valence-corrected chi connectivity index (χ3v) is 4.00. The maximum Gasteiger partial charge on any atom is 0.0950 e. The van der Waals surface area contributed by atoms with E-state index in [2.05, 4.69) is 46.9 Å². The number of methoxy groups -OCH3 is 1. The Morgan fingerprint density at radius 2 is 1.94 bits per heavy atom. The van der Waals surface area contributed by atoms with Crippen LogP contribution in [-0.4, -0.2) is 20.3 Å². The van der Waals surface area contributed by atoms with Crippen LogP contribution in [0.4, 0.5) is 0 Å². The molecule has 0 radical (unpaired) electrons. The second-order valence-electron chi connectivity index (χ2n) is 4.17. The van der Waals surface area contributed by atoms with E-state index in [0.717, 1.165) is 32.5 Å². The molecule has 1 aromatic rings. The quantitative estimate of drug-likeness (QED) is 0.774. The predicted molar refractivity (Wildman–Crippen MR) is 72.5 cm³/mol. The fraction of sp³-hybridized carbons (Fsp3) is 0.538. The van der Waals surface area contributed by atoms with Gasteiger partial charge in [0.1, 0.15) is 0 Å². The molecule has 16 heavy (non-hydrogen) atoms. The molecule has 0 bridgehead atoms. The monoisotopic (exact) mass is 332 g/mol. The van der Waals surface area contributed by atoms with E-state index < -0.39 is 0 Å². The zero-order chi connectivity index (χ0) is 11.4. The fourth-order valence-electron chi connectivity index (χ4n) is 2.29. The molecule has 1 atom stereocenters. The molecule has 1 aliphatic heterocycles. The maximum absolute atomic E-state index is 5.80. The molecule has 1 saturated heterocycles. The topological polar surface area (TPSA) is 18.5 Å². The fourth-order valence-corrected chi connectivity index (χ4v) is 2.65. The Bertz CT molecular complexity index is 326. The molecular formula is C13H17IO2. The molecule has 2 rings (SSSR count). The van der Waals surface area contributed by atoms with Gasteiger partial charge in [0.15, 0.2) is 0 Å². The predicted octanol–water partition coefficient (Wildman–Crippen LogP) is 3.33. The van der Waals surface area contributed by atoms with Crippen LogP contribution in [0.25, 0.3) is 0 Å². The summed E-state index contributed by atoms with van der Waals surface area (Å²) in [5, 5.41) is 0. The number of hydrogen-bond acceptors (Lipinski definition) is 2. The first kappa shape index (κ1) is 12.3. The molecule has 1 aromatic carbocycles. The third-order valence-electron chi connectivity index (χ3n) is 3.28. The van der Waals surface area contributed by atoms with Gasteiger partial charge in [0.25, 0.3) is 0 Å². The van der Waals surface area contributed by atoms with Crippen LogP contribution in [0.15, 0.2) is 24.3 Å². The van der Waals surface area contributed by atoms with Crippen molar-refractivity contribution in [2.45, 2.75) is 24.9 Å². The van der Waals surface area contributed by atoms with Crippen LogP contribution < -0.4 is 0 Å². The number of benzene rings is 1. The summed E-state index contributed by atoms with van der Waals surface area (Å²) < 4.78 is 12.6. The van der Waals surface area contributed by atoms with E-state index in [1.165, 1.54) is 9.13 Å². The molecule has 3 heteroatoms. The van der Waals surface area contributed by atoms with E-state index in [0.29, 0.717) is 0 Å². The summed E-state index contributed by atoms with van der Waals surface area (Å²) in [6.45, 7) is 1.65. The molecule has 1 heterocycles. The highest BCUT2D eigenvalue weighted by Gasteiger charge is 2.32. The molecule has 2 nitrogen and oxygen atoms in total. The van der Waals surface area contributed by atoms with E-state index in [4.69, 9.17) is 9.47 Å². The van der Waals surface area contributed by atoms with E-state index in [1.54, 1.807) is 0 Å². The molecule has 1 aliphatic rings. The number of halogens is 1. The second kappa shape index (κ2) is 5.47. The second-order valence-corrected chi connectivity index (χ2v) is 5.42. The molecule has 1 unspecified atom stereocenters. The van der Waals surface area contributed by atoms with Crippen molar-refractivity contribution in [3.8, 4) is 0 Å². The lowest BCUT2D eigenvalue weighted by Gasteiger charge is -2.31. The Morgan fingerprint density at radius 1 is 1.19 bits per heavy atom. The van der Waals surface area contributed by atoms with Crippen LogP contribution in [0.1, 0.15) is 24.8 Å². The van der Waals surface area contributed by atoms with Gasteiger partial charge >= 0.3 is 0 Å². The molecule has 0 saturated carbocycles. The van der Waals surface area contributed by atoms with Crippen molar-refractivity contribution in [3.63, 3.8) is 0 Å². The lowest BCUT2D eigenvalue weighted by atomic mass is 9.86. The third kappa shape index (κ3) is 2.57. The van der Waals surface area contributed by atoms with E-state index >= 15 is 0 Å². The molecular weight excluding hydrogens is 315 g/mol. The molecule has 0 spiro atoms. The van der Waals surface area contributed by atoms with Crippen molar-refractivity contribution < 1.29 is 9.47 Å². The average molecular weight is 332 g/mol. The van der Waals surface area contributed by atoms with Crippen molar-refractivity contribution in [3.05, 3.63) is 33.4 Å². The summed E-state index contributed by atoms with van der Waals surface area (Å²) in [4.78, 5) is 0. The van der Waals surface area contributed by atoms with Gasteiger partial charge in [0, 0.05) is 30.3 Å². The Kier molecular flexibility index (Phi) is 4.21. The van der Waals surface area contributed by atoms with Gasteiger partial charge in [-0.2, -0.15) is 0 Å². The van der Waals surface area contributed by atoms with Gasteiger partial charge in [-0.15, -0.1) is 0 Å². The first-order valence-electron chi connectivity index (χ1n) is 5.66. The van der Waals surface area contributed by atoms with Crippen molar-refractivity contribution in [1.82, 2.24) is 0 Å². The normalized spacial score (nSPS) is 26.4. The lowest BCUT2D eigenvalue weighted by Crippen LogP contribution is -2.28. The van der Waals surface area contributed by atoms with Crippen molar-refractivity contribution in [2.24, 2.45) is 0 Å². The van der Waals surface area contributed by atoms with Gasteiger partial charge in [0.05, 0.1) is 5.60 Å². The standard InChI is InChI=1S/C13H17IO2/c1-15-13(7-2-9-16-10-8-13)11-3-5-12(14)6-4-11/h3-6H,2,7-10H2,1H3. The van der Waals surface area contributed by atoms with Crippen LogP contribution in [0.3, 0.4) is 0 Å². The minimum Gasteiger partial charge on any atom is -0.381 e. The highest BCUT2D eigenvalue weighted by atomic mass is 127. The zero-order valence-corrected chi connectivity index (χ0v) is 11.7. The summed E-state index contributed by atoms with van der Waals surface area (Å²) in [7, 11) is 1.81. The lowest BCUT2D eigenvalue weighted by molar-refractivity contribution is -0.0311. The molecule has 0 aromatic heterocycles. The van der Waals surface area contributed by atoms with Gasteiger partial charge in [-0.05, 0) is 53.1 Å². The Balaban J connectivity index is 2.28. The molecule has 0 amide bonds. The van der Waals surface area contributed by atoms with Crippen molar-refractivity contribution >= 4 is 22.6 Å². The maximum atomic E-state index is 5.80. The van der Waals surface area contributed by atoms with Crippen LogP contribution in [-0.2, 0) is 15.1 Å². The van der Waals surface area contributed by atoms with Crippen molar-refractivity contribution in [1.29, 1.82) is 0 Å². The summed E-state index contributed by atoms with van der Waals surface area (Å²) in [6.07, 6.45) is 3.06. The molecule has 1 fully saturated rings. The summed E-state index contributed by atoms with van der Waals surface area (Å²) in [6, 6.07) is 8.64.